The first-order chi connectivity index (χ1) is 22.1. The molecule has 3 amide bonds. The topological polar surface area (TPSA) is 92.5 Å². The molecule has 0 bridgehead atoms. The molecule has 240 valence electrons. The lowest BCUT2D eigenvalue weighted by atomic mass is 9.93. The number of nitriles is 1. The highest BCUT2D eigenvalue weighted by Gasteiger charge is 2.45. The second-order valence-corrected chi connectivity index (χ2v) is 12.6. The van der Waals surface area contributed by atoms with Gasteiger partial charge in [-0.05, 0) is 74.4 Å². The first-order valence-corrected chi connectivity index (χ1v) is 16.2. The number of nitrogens with zero attached hydrogens (tertiary/aromatic N) is 6. The van der Waals surface area contributed by atoms with Gasteiger partial charge in [0.2, 0.25) is 5.91 Å². The summed E-state index contributed by atoms with van der Waals surface area (Å²) in [4.78, 5) is 40.1. The van der Waals surface area contributed by atoms with Crippen LogP contribution in [-0.2, 0) is 4.79 Å². The predicted octanol–water partition coefficient (Wildman–Crippen LogP) is 6.41. The maximum Gasteiger partial charge on any atom is 0.326 e. The van der Waals surface area contributed by atoms with E-state index in [0.29, 0.717) is 72.1 Å². The van der Waals surface area contributed by atoms with Crippen LogP contribution in [0.2, 0.25) is 10.0 Å². The Morgan fingerprint density at radius 1 is 0.978 bits per heavy atom. The van der Waals surface area contributed by atoms with Gasteiger partial charge in [-0.1, -0.05) is 47.5 Å². The van der Waals surface area contributed by atoms with E-state index in [-0.39, 0.29) is 18.0 Å². The zero-order valence-corrected chi connectivity index (χ0v) is 28.0. The Bertz CT molecular complexity index is 1630. The van der Waals surface area contributed by atoms with Gasteiger partial charge in [-0.15, -0.1) is 0 Å². The number of amides is 3. The molecule has 0 N–H and O–H groups in total. The normalized spacial score (nSPS) is 18.3. The van der Waals surface area contributed by atoms with E-state index in [1.54, 1.807) is 28.0 Å². The van der Waals surface area contributed by atoms with Crippen LogP contribution >= 0.6 is 23.2 Å². The van der Waals surface area contributed by atoms with Gasteiger partial charge in [0.25, 0.3) is 0 Å². The van der Waals surface area contributed by atoms with Crippen molar-refractivity contribution in [3.05, 3.63) is 99.0 Å². The van der Waals surface area contributed by atoms with Crippen molar-refractivity contribution in [3.8, 4) is 11.8 Å². The molecule has 0 spiro atoms. The molecule has 0 saturated carbocycles. The van der Waals surface area contributed by atoms with Crippen LogP contribution in [0.25, 0.3) is 0 Å². The number of likely N-dealkylation sites (N-methyl/N-ethyl adjacent to an activating group) is 1. The molecule has 2 atom stereocenters. The van der Waals surface area contributed by atoms with Crippen LogP contribution in [-0.4, -0.2) is 89.8 Å². The van der Waals surface area contributed by atoms with E-state index in [2.05, 4.69) is 11.0 Å². The second kappa shape index (κ2) is 14.5. The summed E-state index contributed by atoms with van der Waals surface area (Å²) in [7, 11) is 1.81. The van der Waals surface area contributed by atoms with Crippen LogP contribution in [0, 0.1) is 11.3 Å². The quantitative estimate of drug-likeness (QED) is 0.278. The number of urea groups is 1. The summed E-state index contributed by atoms with van der Waals surface area (Å²) in [5.41, 5.74) is 2.82. The number of rotatable bonds is 8. The smallest absolute Gasteiger partial charge is 0.326 e. The van der Waals surface area contributed by atoms with E-state index in [0.717, 1.165) is 11.1 Å². The number of carbonyl (C=O) groups excluding carboxylic acids is 2. The van der Waals surface area contributed by atoms with Crippen LogP contribution in [0.15, 0.2) is 71.7 Å². The Kier molecular flexibility index (Phi) is 10.5. The molecule has 9 nitrogen and oxygen atoms in total. The third-order valence-electron chi connectivity index (χ3n) is 8.52. The summed E-state index contributed by atoms with van der Waals surface area (Å²) in [6.07, 6.45) is 0. The fourth-order valence-corrected chi connectivity index (χ4v) is 6.00. The third kappa shape index (κ3) is 7.15. The van der Waals surface area contributed by atoms with Gasteiger partial charge in [0.1, 0.15) is 17.6 Å². The molecule has 0 aromatic heterocycles. The van der Waals surface area contributed by atoms with Gasteiger partial charge in [-0.25, -0.2) is 4.79 Å². The Hall–Kier alpha value is -4.10. The van der Waals surface area contributed by atoms with Crippen LogP contribution in [0.4, 0.5) is 4.79 Å². The molecule has 2 aliphatic heterocycles. The highest BCUT2D eigenvalue weighted by atomic mass is 35.5. The van der Waals surface area contributed by atoms with Crippen LogP contribution < -0.4 is 4.74 Å². The molecule has 0 aliphatic carbocycles. The lowest BCUT2D eigenvalue weighted by Gasteiger charge is -2.39. The van der Waals surface area contributed by atoms with Gasteiger partial charge >= 0.3 is 6.03 Å². The predicted molar refractivity (Wildman–Crippen MR) is 180 cm³/mol. The number of ether oxygens (including phenoxy) is 1. The van der Waals surface area contributed by atoms with Crippen molar-refractivity contribution in [2.45, 2.75) is 38.9 Å². The maximum atomic E-state index is 14.7. The van der Waals surface area contributed by atoms with Crippen molar-refractivity contribution in [2.75, 3.05) is 46.4 Å². The summed E-state index contributed by atoms with van der Waals surface area (Å²) in [6, 6.07) is 21.3. The average Bonchev–Trinajstić information content (AvgIpc) is 3.45. The summed E-state index contributed by atoms with van der Waals surface area (Å²) >= 11 is 12.6. The molecule has 46 heavy (non-hydrogen) atoms. The van der Waals surface area contributed by atoms with Crippen molar-refractivity contribution in [2.24, 2.45) is 4.99 Å². The highest BCUT2D eigenvalue weighted by Crippen LogP contribution is 2.45. The van der Waals surface area contributed by atoms with E-state index in [4.69, 9.17) is 32.9 Å². The summed E-state index contributed by atoms with van der Waals surface area (Å²) in [6.45, 7) is 8.56. The average molecular weight is 662 g/mol. The molecule has 3 aromatic rings. The number of halogens is 2. The van der Waals surface area contributed by atoms with Gasteiger partial charge in [0, 0.05) is 49.3 Å². The van der Waals surface area contributed by atoms with Crippen molar-refractivity contribution in [1.29, 1.82) is 5.26 Å². The first-order valence-electron chi connectivity index (χ1n) is 15.4. The van der Waals surface area contributed by atoms with Gasteiger partial charge in [0.15, 0.2) is 0 Å². The van der Waals surface area contributed by atoms with Crippen molar-refractivity contribution < 1.29 is 14.3 Å². The molecule has 0 radical (unpaired) electrons. The van der Waals surface area contributed by atoms with Crippen molar-refractivity contribution in [3.63, 3.8) is 0 Å². The minimum atomic E-state index is -0.509. The van der Waals surface area contributed by atoms with E-state index in [1.807, 2.05) is 81.2 Å². The number of piperazine rings is 1. The molecule has 11 heteroatoms. The Morgan fingerprint density at radius 2 is 1.59 bits per heavy atom. The molecule has 5 rings (SSSR count). The Balaban J connectivity index is 1.55. The van der Waals surface area contributed by atoms with E-state index >= 15 is 0 Å². The minimum absolute atomic E-state index is 0.0571. The number of aliphatic imine (C=N–C) groups is 1. The maximum absolute atomic E-state index is 14.7. The second-order valence-electron chi connectivity index (χ2n) is 11.7. The van der Waals surface area contributed by atoms with Crippen LogP contribution in [0.5, 0.6) is 5.75 Å². The lowest BCUT2D eigenvalue weighted by Crippen LogP contribution is -2.55. The molecule has 0 unspecified atom stereocenters. The summed E-state index contributed by atoms with van der Waals surface area (Å²) in [5.74, 6) is 0.984. The molecule has 1 fully saturated rings. The molecular weight excluding hydrogens is 623 g/mol. The van der Waals surface area contributed by atoms with E-state index < -0.39 is 12.1 Å². The molecule has 1 saturated heterocycles. The third-order valence-corrected chi connectivity index (χ3v) is 9.02. The monoisotopic (exact) mass is 660 g/mol. The SMILES string of the molecule is CCOc1cc(C#N)ccc1C1=N[C@@H](c2ccc(Cl)cc2)[C@@H](c2ccc(Cl)cc2)N1C(=O)N1CCN(CC(=O)N(C)C(C)C)CC1. The van der Waals surface area contributed by atoms with Crippen LogP contribution in [0.1, 0.15) is 55.1 Å². The summed E-state index contributed by atoms with van der Waals surface area (Å²) < 4.78 is 6.00. The van der Waals surface area contributed by atoms with Gasteiger partial charge in [-0.2, -0.15) is 5.26 Å². The Morgan fingerprint density at radius 3 is 2.15 bits per heavy atom. The Labute approximate surface area is 280 Å². The van der Waals surface area contributed by atoms with E-state index in [1.165, 1.54) is 0 Å². The molecular formula is C35H38Cl2N6O3. The van der Waals surface area contributed by atoms with E-state index in [9.17, 15) is 14.9 Å². The van der Waals surface area contributed by atoms with Crippen molar-refractivity contribution >= 4 is 41.0 Å². The lowest BCUT2D eigenvalue weighted by molar-refractivity contribution is -0.132. The fraction of sp³-hybridized carbons (Fsp3) is 0.371. The number of carbonyl (C=O) groups is 2. The fourth-order valence-electron chi connectivity index (χ4n) is 5.75. The van der Waals surface area contributed by atoms with Crippen molar-refractivity contribution in [1.82, 2.24) is 19.6 Å². The van der Waals surface area contributed by atoms with Gasteiger partial charge < -0.3 is 14.5 Å². The number of hydrogen-bond donors (Lipinski definition) is 0. The molecule has 3 aromatic carbocycles. The zero-order chi connectivity index (χ0) is 33.0. The van der Waals surface area contributed by atoms with Crippen LogP contribution in [0.3, 0.4) is 0 Å². The summed E-state index contributed by atoms with van der Waals surface area (Å²) in [5, 5.41) is 10.8. The molecule has 2 aliphatic rings. The zero-order valence-electron chi connectivity index (χ0n) is 26.5. The number of amidine groups is 1. The minimum Gasteiger partial charge on any atom is -0.493 e. The number of hydrogen-bond acceptors (Lipinski definition) is 6. The first kappa shape index (κ1) is 33.3. The largest absolute Gasteiger partial charge is 0.493 e. The van der Waals surface area contributed by atoms with Gasteiger partial charge in [0.05, 0.1) is 36.4 Å². The number of benzene rings is 3. The van der Waals surface area contributed by atoms with Gasteiger partial charge in [-0.3, -0.25) is 19.6 Å². The molecule has 2 heterocycles. The standard InChI is InChI=1S/C35H38Cl2N6O3/c1-5-46-30-20-24(21-38)6-15-29(30)34-39-32(25-7-11-27(36)12-8-25)33(26-9-13-28(37)14-10-26)43(34)35(45)42-18-16-41(17-19-42)22-31(44)40(4)23(2)3/h6-15,20,23,32-33H,5,16-19,22H2,1-4H3/t32-,33+/m0/s1. The highest BCUT2D eigenvalue weighted by molar-refractivity contribution is 6.30.